The number of hydrogen-bond acceptors (Lipinski definition) is 1. The van der Waals surface area contributed by atoms with Crippen molar-refractivity contribution in [3.63, 3.8) is 0 Å². The molecule has 0 aliphatic heterocycles. The third-order valence-electron chi connectivity index (χ3n) is 2.16. The van der Waals surface area contributed by atoms with Crippen molar-refractivity contribution in [3.8, 4) is 0 Å². The molecule has 2 N–H and O–H groups in total. The van der Waals surface area contributed by atoms with E-state index in [1.807, 2.05) is 0 Å². The third kappa shape index (κ3) is 2.69. The van der Waals surface area contributed by atoms with Crippen LogP contribution < -0.4 is 5.73 Å². The molecular formula is C10H10F5N. The third-order valence-corrected chi connectivity index (χ3v) is 2.16. The molecule has 1 aromatic carbocycles. The minimum atomic E-state index is -2.93. The van der Waals surface area contributed by atoms with Gasteiger partial charge in [0.25, 0.3) is 6.43 Å². The molecule has 1 nitrogen and oxygen atoms in total. The highest BCUT2D eigenvalue weighted by atomic mass is 19.3. The van der Waals surface area contributed by atoms with Crippen molar-refractivity contribution in [2.75, 3.05) is 0 Å². The van der Waals surface area contributed by atoms with Crippen LogP contribution in [0.2, 0.25) is 0 Å². The van der Waals surface area contributed by atoms with E-state index in [1.165, 1.54) is 0 Å². The number of benzene rings is 1. The van der Waals surface area contributed by atoms with Crippen molar-refractivity contribution < 1.29 is 22.0 Å². The fourth-order valence-electron chi connectivity index (χ4n) is 1.20. The molecule has 0 saturated carbocycles. The minimum Gasteiger partial charge on any atom is -0.320 e. The number of hydrogen-bond donors (Lipinski definition) is 1. The summed E-state index contributed by atoms with van der Waals surface area (Å²) >= 11 is 0. The second-order valence-electron chi connectivity index (χ2n) is 3.83. The Balaban J connectivity index is 3.07. The van der Waals surface area contributed by atoms with E-state index >= 15 is 0 Å². The fourth-order valence-corrected chi connectivity index (χ4v) is 1.20. The van der Waals surface area contributed by atoms with Gasteiger partial charge in [0.1, 0.15) is 17.5 Å². The van der Waals surface area contributed by atoms with Crippen LogP contribution in [0.25, 0.3) is 0 Å². The van der Waals surface area contributed by atoms with Crippen LogP contribution in [-0.4, -0.2) is 12.0 Å². The van der Waals surface area contributed by atoms with Gasteiger partial charge in [-0.2, -0.15) is 0 Å². The van der Waals surface area contributed by atoms with Gasteiger partial charge in [-0.15, -0.1) is 0 Å². The van der Waals surface area contributed by atoms with Gasteiger partial charge in [0.2, 0.25) is 0 Å². The molecule has 6 heteroatoms. The molecule has 0 aliphatic carbocycles. The Kier molecular flexibility index (Phi) is 3.52. The molecule has 0 fully saturated rings. The first-order valence-corrected chi connectivity index (χ1v) is 4.44. The summed E-state index contributed by atoms with van der Waals surface area (Å²) < 4.78 is 63.6. The number of alkyl halides is 2. The van der Waals surface area contributed by atoms with E-state index in [2.05, 4.69) is 0 Å². The van der Waals surface area contributed by atoms with E-state index in [4.69, 9.17) is 5.73 Å². The summed E-state index contributed by atoms with van der Waals surface area (Å²) in [6, 6.07) is 0.861. The zero-order valence-electron chi connectivity index (χ0n) is 8.41. The zero-order valence-corrected chi connectivity index (χ0v) is 8.41. The van der Waals surface area contributed by atoms with E-state index in [0.717, 1.165) is 6.92 Å². The molecule has 0 saturated heterocycles. The van der Waals surface area contributed by atoms with Crippen LogP contribution in [0.1, 0.15) is 12.5 Å². The summed E-state index contributed by atoms with van der Waals surface area (Å²) in [5, 5.41) is 0. The average molecular weight is 239 g/mol. The Morgan fingerprint density at radius 2 is 1.62 bits per heavy atom. The van der Waals surface area contributed by atoms with E-state index in [-0.39, 0.29) is 0 Å². The first-order valence-electron chi connectivity index (χ1n) is 4.44. The fraction of sp³-hybridized carbons (Fsp3) is 0.400. The zero-order chi connectivity index (χ0) is 12.5. The lowest BCUT2D eigenvalue weighted by Crippen LogP contribution is -2.46. The maximum atomic E-state index is 13.1. The van der Waals surface area contributed by atoms with Crippen LogP contribution in [0, 0.1) is 17.5 Å². The second kappa shape index (κ2) is 4.37. The van der Waals surface area contributed by atoms with Gasteiger partial charge in [0.05, 0.1) is 5.54 Å². The van der Waals surface area contributed by atoms with Crippen LogP contribution in [-0.2, 0) is 6.42 Å². The average Bonchev–Trinajstić information content (AvgIpc) is 2.11. The highest BCUT2D eigenvalue weighted by Crippen LogP contribution is 2.23. The summed E-state index contributed by atoms with van der Waals surface area (Å²) in [5.74, 6) is -3.53. The van der Waals surface area contributed by atoms with E-state index in [0.29, 0.717) is 12.1 Å². The van der Waals surface area contributed by atoms with Crippen molar-refractivity contribution in [2.45, 2.75) is 25.3 Å². The molecule has 0 aromatic heterocycles. The quantitative estimate of drug-likeness (QED) is 0.806. The van der Waals surface area contributed by atoms with Crippen LogP contribution in [0.5, 0.6) is 0 Å². The predicted molar refractivity (Wildman–Crippen MR) is 48.6 cm³/mol. The van der Waals surface area contributed by atoms with Gasteiger partial charge in [-0.05, 0) is 6.92 Å². The minimum absolute atomic E-state index is 0.431. The van der Waals surface area contributed by atoms with Crippen molar-refractivity contribution in [3.05, 3.63) is 35.1 Å². The lowest BCUT2D eigenvalue weighted by atomic mass is 9.94. The molecule has 1 atom stereocenters. The maximum absolute atomic E-state index is 13.1. The molecule has 1 unspecified atom stereocenters. The molecule has 1 rings (SSSR count). The van der Waals surface area contributed by atoms with Crippen LogP contribution >= 0.6 is 0 Å². The van der Waals surface area contributed by atoms with Gasteiger partial charge in [0, 0.05) is 24.1 Å². The normalized spacial score (nSPS) is 15.2. The predicted octanol–water partition coefficient (Wildman–Crippen LogP) is 2.63. The van der Waals surface area contributed by atoms with Crippen LogP contribution in [0.15, 0.2) is 12.1 Å². The lowest BCUT2D eigenvalue weighted by Gasteiger charge is -2.23. The Morgan fingerprint density at radius 1 is 1.19 bits per heavy atom. The van der Waals surface area contributed by atoms with Gasteiger partial charge >= 0.3 is 0 Å². The number of halogens is 5. The molecule has 1 aromatic rings. The SMILES string of the molecule is CC(N)(Cc1c(F)cc(F)cc1F)C(F)F. The van der Waals surface area contributed by atoms with Gasteiger partial charge in [-0.25, -0.2) is 22.0 Å². The van der Waals surface area contributed by atoms with Gasteiger partial charge in [-0.3, -0.25) is 0 Å². The van der Waals surface area contributed by atoms with Gasteiger partial charge < -0.3 is 5.73 Å². The Bertz CT molecular complexity index is 366. The van der Waals surface area contributed by atoms with Crippen LogP contribution in [0.4, 0.5) is 22.0 Å². The second-order valence-corrected chi connectivity index (χ2v) is 3.83. The molecule has 0 heterocycles. The van der Waals surface area contributed by atoms with Crippen molar-refractivity contribution in [2.24, 2.45) is 5.73 Å². The van der Waals surface area contributed by atoms with E-state index < -0.39 is 41.4 Å². The largest absolute Gasteiger partial charge is 0.320 e. The van der Waals surface area contributed by atoms with E-state index in [9.17, 15) is 22.0 Å². The monoisotopic (exact) mass is 239 g/mol. The first kappa shape index (κ1) is 12.9. The van der Waals surface area contributed by atoms with Crippen LogP contribution in [0.3, 0.4) is 0 Å². The molecular weight excluding hydrogens is 229 g/mol. The highest BCUT2D eigenvalue weighted by Gasteiger charge is 2.32. The summed E-state index contributed by atoms with van der Waals surface area (Å²) in [6.45, 7) is 0.972. The summed E-state index contributed by atoms with van der Waals surface area (Å²) in [7, 11) is 0. The summed E-state index contributed by atoms with van der Waals surface area (Å²) in [6.07, 6.45) is -3.64. The van der Waals surface area contributed by atoms with Crippen molar-refractivity contribution >= 4 is 0 Å². The van der Waals surface area contributed by atoms with E-state index in [1.54, 1.807) is 0 Å². The Hall–Kier alpha value is -1.17. The Labute approximate surface area is 89.1 Å². The molecule has 0 amide bonds. The number of nitrogens with two attached hydrogens (primary N) is 1. The maximum Gasteiger partial charge on any atom is 0.256 e. The molecule has 90 valence electrons. The molecule has 0 radical (unpaired) electrons. The van der Waals surface area contributed by atoms with Crippen molar-refractivity contribution in [1.29, 1.82) is 0 Å². The lowest BCUT2D eigenvalue weighted by molar-refractivity contribution is 0.0630. The molecule has 0 aliphatic rings. The Morgan fingerprint density at radius 3 is 2.00 bits per heavy atom. The molecule has 0 bridgehead atoms. The standard InChI is InChI=1S/C10H10F5N/c1-10(16,9(14)15)4-6-7(12)2-5(11)3-8(6)13/h2-3,9H,4,16H2,1H3. The summed E-state index contributed by atoms with van der Waals surface area (Å²) in [5.41, 5.74) is 2.50. The topological polar surface area (TPSA) is 26.0 Å². The van der Waals surface area contributed by atoms with Crippen molar-refractivity contribution in [1.82, 2.24) is 0 Å². The molecule has 0 spiro atoms. The van der Waals surface area contributed by atoms with Gasteiger partial charge in [0.15, 0.2) is 0 Å². The molecule has 16 heavy (non-hydrogen) atoms. The van der Waals surface area contributed by atoms with Gasteiger partial charge in [-0.1, -0.05) is 0 Å². The smallest absolute Gasteiger partial charge is 0.256 e. The number of rotatable bonds is 3. The first-order chi connectivity index (χ1) is 7.24. The highest BCUT2D eigenvalue weighted by molar-refractivity contribution is 5.23. The summed E-state index contributed by atoms with van der Waals surface area (Å²) in [4.78, 5) is 0.